The number of ether oxygens (including phenoxy) is 2. The van der Waals surface area contributed by atoms with Crippen LogP contribution in [0.25, 0.3) is 20.8 Å². The molecule has 1 aromatic heterocycles. The van der Waals surface area contributed by atoms with Crippen LogP contribution >= 0.6 is 11.3 Å². The van der Waals surface area contributed by atoms with Crippen molar-refractivity contribution in [3.8, 4) is 16.3 Å². The third-order valence-corrected chi connectivity index (χ3v) is 5.05. The van der Waals surface area contributed by atoms with E-state index in [-0.39, 0.29) is 12.0 Å². The van der Waals surface area contributed by atoms with E-state index in [1.54, 1.807) is 18.4 Å². The number of para-hydroxylation sites is 1. The molecule has 3 rings (SSSR count). The van der Waals surface area contributed by atoms with Gasteiger partial charge in [-0.2, -0.15) is 0 Å². The highest BCUT2D eigenvalue weighted by molar-refractivity contribution is 7.21. The van der Waals surface area contributed by atoms with Crippen LogP contribution in [0.5, 0.6) is 5.75 Å². The highest BCUT2D eigenvalue weighted by atomic mass is 32.1. The molecule has 0 saturated heterocycles. The monoisotopic (exact) mass is 357 g/mol. The predicted octanol–water partition coefficient (Wildman–Crippen LogP) is 4.51. The van der Waals surface area contributed by atoms with Crippen LogP contribution in [-0.4, -0.2) is 30.4 Å². The minimum Gasteiger partial charge on any atom is -0.496 e. The van der Waals surface area contributed by atoms with Crippen molar-refractivity contribution in [2.24, 2.45) is 5.41 Å². The van der Waals surface area contributed by atoms with Crippen LogP contribution in [0.3, 0.4) is 0 Å². The zero-order valence-electron chi connectivity index (χ0n) is 14.8. The number of aliphatic hydroxyl groups excluding tert-OH is 1. The van der Waals surface area contributed by atoms with Gasteiger partial charge in [-0.05, 0) is 29.8 Å². The lowest BCUT2D eigenvalue weighted by Crippen LogP contribution is -2.23. The van der Waals surface area contributed by atoms with E-state index in [0.29, 0.717) is 13.2 Å². The van der Waals surface area contributed by atoms with E-state index in [1.807, 2.05) is 50.2 Å². The van der Waals surface area contributed by atoms with Gasteiger partial charge in [-0.1, -0.05) is 32.0 Å². The minimum absolute atomic E-state index is 0.104. The number of nitrogens with zero attached hydrogens (tertiary/aromatic N) is 1. The summed E-state index contributed by atoms with van der Waals surface area (Å²) in [5, 5.41) is 10.2. The Labute approximate surface area is 152 Å². The molecule has 0 spiro atoms. The molecule has 2 aromatic carbocycles. The maximum absolute atomic E-state index is 9.29. The lowest BCUT2D eigenvalue weighted by atomic mass is 9.96. The first-order valence-electron chi connectivity index (χ1n) is 8.24. The number of hydrogen-bond donors (Lipinski definition) is 1. The molecule has 1 N–H and O–H groups in total. The Balaban J connectivity index is 1.80. The predicted molar refractivity (Wildman–Crippen MR) is 102 cm³/mol. The Bertz CT molecular complexity index is 824. The van der Waals surface area contributed by atoms with Crippen LogP contribution in [-0.2, 0) is 11.3 Å². The van der Waals surface area contributed by atoms with Gasteiger partial charge in [0.15, 0.2) is 0 Å². The fraction of sp³-hybridized carbons (Fsp3) is 0.350. The average Bonchev–Trinajstić information content (AvgIpc) is 3.05. The van der Waals surface area contributed by atoms with Gasteiger partial charge < -0.3 is 14.6 Å². The highest BCUT2D eigenvalue weighted by Gasteiger charge is 2.17. The molecule has 0 saturated carbocycles. The standard InChI is InChI=1S/C20H23NO3S/c1-20(2,12-22)13-24-11-14-8-9-15(17(10-14)23-3)19-21-16-6-4-5-7-18(16)25-19/h4-10,22H,11-13H2,1-3H3. The molecule has 5 heteroatoms. The molecule has 0 aliphatic rings. The van der Waals surface area contributed by atoms with Gasteiger partial charge in [0, 0.05) is 5.41 Å². The molecule has 25 heavy (non-hydrogen) atoms. The maximum atomic E-state index is 9.29. The molecule has 0 amide bonds. The van der Waals surface area contributed by atoms with E-state index < -0.39 is 0 Å². The second-order valence-electron chi connectivity index (χ2n) is 6.84. The largest absolute Gasteiger partial charge is 0.496 e. The van der Waals surface area contributed by atoms with E-state index >= 15 is 0 Å². The lowest BCUT2D eigenvalue weighted by Gasteiger charge is -2.21. The third kappa shape index (κ3) is 4.18. The molecule has 0 aliphatic heterocycles. The van der Waals surface area contributed by atoms with Crippen molar-refractivity contribution >= 4 is 21.6 Å². The van der Waals surface area contributed by atoms with Crippen LogP contribution in [0.4, 0.5) is 0 Å². The third-order valence-electron chi connectivity index (χ3n) is 3.98. The summed E-state index contributed by atoms with van der Waals surface area (Å²) in [6.07, 6.45) is 0. The van der Waals surface area contributed by atoms with Crippen LogP contribution in [0.2, 0.25) is 0 Å². The molecule has 3 aromatic rings. The van der Waals surface area contributed by atoms with Gasteiger partial charge in [0.05, 0.1) is 42.7 Å². The lowest BCUT2D eigenvalue weighted by molar-refractivity contribution is 0.0197. The highest BCUT2D eigenvalue weighted by Crippen LogP contribution is 2.36. The molecular weight excluding hydrogens is 334 g/mol. The van der Waals surface area contributed by atoms with Crippen LogP contribution in [0.15, 0.2) is 42.5 Å². The quantitative estimate of drug-likeness (QED) is 0.676. The van der Waals surface area contributed by atoms with Crippen molar-refractivity contribution in [2.45, 2.75) is 20.5 Å². The zero-order chi connectivity index (χ0) is 17.9. The van der Waals surface area contributed by atoms with Crippen LogP contribution < -0.4 is 4.74 Å². The number of thiazole rings is 1. The Kier molecular flexibility index (Phi) is 5.37. The molecule has 0 fully saturated rings. The number of methoxy groups -OCH3 is 1. The first kappa shape index (κ1) is 17.9. The van der Waals surface area contributed by atoms with Crippen molar-refractivity contribution in [3.05, 3.63) is 48.0 Å². The minimum atomic E-state index is -0.231. The first-order chi connectivity index (χ1) is 12.0. The van der Waals surface area contributed by atoms with E-state index in [4.69, 9.17) is 14.5 Å². The number of rotatable bonds is 7. The van der Waals surface area contributed by atoms with Gasteiger partial charge in [-0.25, -0.2) is 4.98 Å². The number of benzene rings is 2. The van der Waals surface area contributed by atoms with Crippen LogP contribution in [0.1, 0.15) is 19.4 Å². The van der Waals surface area contributed by atoms with Gasteiger partial charge in [0.2, 0.25) is 0 Å². The molecular formula is C20H23NO3S. The van der Waals surface area contributed by atoms with Gasteiger partial charge >= 0.3 is 0 Å². The Morgan fingerprint density at radius 3 is 2.68 bits per heavy atom. The number of fused-ring (bicyclic) bond motifs is 1. The summed E-state index contributed by atoms with van der Waals surface area (Å²) in [6, 6.07) is 14.2. The first-order valence-corrected chi connectivity index (χ1v) is 9.05. The van der Waals surface area contributed by atoms with Gasteiger partial charge in [-0.15, -0.1) is 11.3 Å². The molecule has 0 atom stereocenters. The van der Waals surface area contributed by atoms with Gasteiger partial charge in [0.25, 0.3) is 0 Å². The fourth-order valence-corrected chi connectivity index (χ4v) is 3.48. The summed E-state index contributed by atoms with van der Waals surface area (Å²) in [7, 11) is 1.67. The van der Waals surface area contributed by atoms with Crippen molar-refractivity contribution in [3.63, 3.8) is 0 Å². The molecule has 4 nitrogen and oxygen atoms in total. The number of hydrogen-bond acceptors (Lipinski definition) is 5. The van der Waals surface area contributed by atoms with E-state index in [9.17, 15) is 5.11 Å². The Morgan fingerprint density at radius 1 is 1.16 bits per heavy atom. The molecule has 1 heterocycles. The summed E-state index contributed by atoms with van der Waals surface area (Å²) >= 11 is 1.66. The summed E-state index contributed by atoms with van der Waals surface area (Å²) in [5.74, 6) is 0.793. The van der Waals surface area contributed by atoms with Gasteiger partial charge in [-0.3, -0.25) is 0 Å². The van der Waals surface area contributed by atoms with Crippen molar-refractivity contribution in [1.29, 1.82) is 0 Å². The summed E-state index contributed by atoms with van der Waals surface area (Å²) in [5.41, 5.74) is 2.80. The van der Waals surface area contributed by atoms with Crippen LogP contribution in [0, 0.1) is 5.41 Å². The van der Waals surface area contributed by atoms with Crippen molar-refractivity contribution in [2.75, 3.05) is 20.3 Å². The summed E-state index contributed by atoms with van der Waals surface area (Å²) in [6.45, 7) is 5.05. The number of aromatic nitrogens is 1. The topological polar surface area (TPSA) is 51.6 Å². The van der Waals surface area contributed by atoms with E-state index in [0.717, 1.165) is 32.1 Å². The van der Waals surface area contributed by atoms with E-state index in [1.165, 1.54) is 0 Å². The fourth-order valence-electron chi connectivity index (χ4n) is 2.48. The normalized spacial score (nSPS) is 11.8. The zero-order valence-corrected chi connectivity index (χ0v) is 15.6. The second kappa shape index (κ2) is 7.52. The maximum Gasteiger partial charge on any atom is 0.129 e. The number of aliphatic hydroxyl groups is 1. The second-order valence-corrected chi connectivity index (χ2v) is 7.87. The Hall–Kier alpha value is -1.95. The van der Waals surface area contributed by atoms with Crippen molar-refractivity contribution in [1.82, 2.24) is 4.98 Å². The molecule has 0 aliphatic carbocycles. The molecule has 0 unspecified atom stereocenters. The average molecular weight is 357 g/mol. The molecule has 0 bridgehead atoms. The molecule has 0 radical (unpaired) electrons. The van der Waals surface area contributed by atoms with E-state index in [2.05, 4.69) is 6.07 Å². The summed E-state index contributed by atoms with van der Waals surface area (Å²) < 4.78 is 12.5. The Morgan fingerprint density at radius 2 is 1.96 bits per heavy atom. The van der Waals surface area contributed by atoms with Gasteiger partial charge in [0.1, 0.15) is 10.8 Å². The summed E-state index contributed by atoms with van der Waals surface area (Å²) in [4.78, 5) is 4.71. The SMILES string of the molecule is COc1cc(COCC(C)(C)CO)ccc1-c1nc2ccccc2s1. The molecule has 132 valence electrons. The van der Waals surface area contributed by atoms with Crippen molar-refractivity contribution < 1.29 is 14.6 Å². The smallest absolute Gasteiger partial charge is 0.129 e.